The molecule has 0 amide bonds. The largest absolute Gasteiger partial charge is 0.416 e. The summed E-state index contributed by atoms with van der Waals surface area (Å²) in [5.41, 5.74) is -2.77. The Morgan fingerprint density at radius 1 is 0.321 bits per heavy atom. The average molecular weight is 1610 g/mol. The molecule has 0 spiro atoms. The number of nitriles is 1. The van der Waals surface area contributed by atoms with Crippen LogP contribution in [0.5, 0.6) is 0 Å². The Hall–Kier alpha value is -9.55. The molecule has 2 heterocycles. The van der Waals surface area contributed by atoms with Crippen molar-refractivity contribution in [1.82, 2.24) is 5.32 Å². The Morgan fingerprint density at radius 2 is 0.532 bits per heavy atom. The summed E-state index contributed by atoms with van der Waals surface area (Å²) >= 11 is 0. The number of ether oxygens (including phenoxy) is 1. The minimum Gasteiger partial charge on any atom is -0.371 e. The second kappa shape index (κ2) is 40.2. The molecule has 3 nitrogen and oxygen atoms in total. The van der Waals surface area contributed by atoms with Crippen molar-refractivity contribution in [3.8, 4) is 6.07 Å². The van der Waals surface area contributed by atoms with E-state index in [1.807, 2.05) is 30.3 Å². The molecule has 0 radical (unpaired) electrons. The van der Waals surface area contributed by atoms with Gasteiger partial charge < -0.3 is 10.1 Å². The topological polar surface area (TPSA) is 45.0 Å². The third-order valence-electron chi connectivity index (χ3n) is 18.5. The van der Waals surface area contributed by atoms with Crippen LogP contribution in [0.3, 0.4) is 0 Å². The summed E-state index contributed by atoms with van der Waals surface area (Å²) in [6.45, 7) is -0.407. The fourth-order valence-corrected chi connectivity index (χ4v) is 22.8. The van der Waals surface area contributed by atoms with E-state index in [2.05, 4.69) is 375 Å². The van der Waals surface area contributed by atoms with Gasteiger partial charge in [0.25, 0.3) is 0 Å². The fourth-order valence-electron chi connectivity index (χ4n) is 13.6. The maximum atomic E-state index is 13.2. The van der Waals surface area contributed by atoms with Crippen LogP contribution in [0.4, 0.5) is 26.3 Å². The van der Waals surface area contributed by atoms with Gasteiger partial charge in [-0.25, -0.2) is 0 Å². The monoisotopic (exact) mass is 1610 g/mol. The smallest absolute Gasteiger partial charge is 0.371 e. The predicted molar refractivity (Wildman–Crippen MR) is 444 cm³/mol. The molecule has 2 aliphatic rings. The molecular weight excluding hydrogens is 1530 g/mol. The third kappa shape index (κ3) is 21.9. The number of nitrogens with zero attached hydrogens (tertiary/aromatic N) is 1. The number of hydrogen-bond donors (Lipinski definition) is 1. The number of nitrogens with one attached hydrogen (secondary N) is 1. The standard InChI is InChI=1S/C23H20F6N2O.4C18H15P.Pd/c24-22(25,26)17-8-14(9-18(10-17)23(27,28)29)13-32-20-7-6-19-15(12-30)11-21(20,31-19)16-4-2-1-3-5-16;4*1-4-10-16(11-5-1)19(17-12-6-2-7-13-17)18-14-8-3-9-15-18;/h1-5,8-10,15,19-20,31H,6-7,11,13H2;4*1-15H;. The van der Waals surface area contributed by atoms with Gasteiger partial charge >= 0.3 is 12.4 Å². The summed E-state index contributed by atoms with van der Waals surface area (Å²) in [6, 6.07) is 142. The molecule has 0 aliphatic carbocycles. The van der Waals surface area contributed by atoms with Crippen molar-refractivity contribution >= 4 is 95.3 Å². The molecule has 2 aliphatic heterocycles. The van der Waals surface area contributed by atoms with Crippen LogP contribution < -0.4 is 69.0 Å². The first-order valence-electron chi connectivity index (χ1n) is 35.8. The second-order valence-electron chi connectivity index (χ2n) is 25.7. The van der Waals surface area contributed by atoms with Gasteiger partial charge in [-0.3, -0.25) is 0 Å². The Labute approximate surface area is 655 Å². The molecular formula is C95H80F6N2OP4Pd. The molecule has 14 aromatic carbocycles. The number of halogens is 6. The van der Waals surface area contributed by atoms with Crippen LogP contribution in [0.2, 0.25) is 0 Å². The number of alkyl halides is 6. The molecule has 2 bridgehead atoms. The van der Waals surface area contributed by atoms with Crippen LogP contribution in [0, 0.1) is 17.2 Å². The summed E-state index contributed by atoms with van der Waals surface area (Å²) < 4.78 is 85.0. The molecule has 4 unspecified atom stereocenters. The van der Waals surface area contributed by atoms with Crippen LogP contribution in [0.25, 0.3) is 0 Å². The summed E-state index contributed by atoms with van der Waals surface area (Å²) in [7, 11) is -1.78. The fraction of sp³-hybridized carbons (Fsp3) is 0.105. The quantitative estimate of drug-likeness (QED) is 0.0596. The maximum Gasteiger partial charge on any atom is 0.416 e. The Morgan fingerprint density at radius 3 is 0.734 bits per heavy atom. The van der Waals surface area contributed by atoms with Crippen LogP contribution in [0.15, 0.2) is 413 Å². The normalized spacial score (nSPS) is 15.6. The summed E-state index contributed by atoms with van der Waals surface area (Å²) in [5, 5.41) is 29.8. The van der Waals surface area contributed by atoms with E-state index in [-0.39, 0.29) is 44.0 Å². The van der Waals surface area contributed by atoms with Crippen molar-refractivity contribution < 1.29 is 51.5 Å². The van der Waals surface area contributed by atoms with Crippen molar-refractivity contribution in [3.63, 3.8) is 0 Å². The van der Waals surface area contributed by atoms with E-state index >= 15 is 0 Å². The molecule has 4 atom stereocenters. The molecule has 548 valence electrons. The maximum absolute atomic E-state index is 13.2. The molecule has 16 rings (SSSR count). The van der Waals surface area contributed by atoms with Crippen molar-refractivity contribution in [3.05, 3.63) is 435 Å². The van der Waals surface area contributed by atoms with Crippen LogP contribution in [-0.4, -0.2) is 12.1 Å². The van der Waals surface area contributed by atoms with E-state index in [4.69, 9.17) is 4.74 Å². The zero-order valence-electron chi connectivity index (χ0n) is 59.5. The van der Waals surface area contributed by atoms with E-state index in [1.165, 1.54) is 63.7 Å². The zero-order valence-corrected chi connectivity index (χ0v) is 64.7. The van der Waals surface area contributed by atoms with E-state index in [0.717, 1.165) is 5.56 Å². The van der Waals surface area contributed by atoms with Gasteiger partial charge in [-0.1, -0.05) is 394 Å². The first-order valence-corrected chi connectivity index (χ1v) is 41.1. The molecule has 109 heavy (non-hydrogen) atoms. The number of hydrogen-bond acceptors (Lipinski definition) is 3. The van der Waals surface area contributed by atoms with E-state index < -0.39 is 73.4 Å². The van der Waals surface area contributed by atoms with E-state index in [0.29, 0.717) is 31.4 Å². The van der Waals surface area contributed by atoms with Crippen molar-refractivity contribution in [2.45, 2.75) is 55.9 Å². The molecule has 0 saturated carbocycles. The first-order chi connectivity index (χ1) is 52.8. The average Bonchev–Trinajstić information content (AvgIpc) is 1.62. The van der Waals surface area contributed by atoms with Gasteiger partial charge in [-0.15, -0.1) is 0 Å². The van der Waals surface area contributed by atoms with Gasteiger partial charge in [0.2, 0.25) is 0 Å². The molecule has 1 N–H and O–H groups in total. The van der Waals surface area contributed by atoms with E-state index in [9.17, 15) is 31.6 Å². The van der Waals surface area contributed by atoms with Crippen molar-refractivity contribution in [1.29, 1.82) is 5.26 Å². The van der Waals surface area contributed by atoms with Gasteiger partial charge in [0, 0.05) is 26.5 Å². The number of benzene rings is 14. The van der Waals surface area contributed by atoms with Crippen molar-refractivity contribution in [2.24, 2.45) is 5.92 Å². The van der Waals surface area contributed by atoms with Crippen LogP contribution in [0.1, 0.15) is 41.5 Å². The minimum absolute atomic E-state index is 0. The van der Waals surface area contributed by atoms with Gasteiger partial charge in [-0.05, 0) is 144 Å². The van der Waals surface area contributed by atoms with Gasteiger partial charge in [-0.2, -0.15) is 31.6 Å². The molecule has 2 saturated heterocycles. The summed E-state index contributed by atoms with van der Waals surface area (Å²) in [4.78, 5) is 0. The first kappa shape index (κ1) is 80.5. The molecule has 14 heteroatoms. The van der Waals surface area contributed by atoms with E-state index in [1.54, 1.807) is 0 Å². The number of fused-ring (bicyclic) bond motifs is 2. The molecule has 14 aromatic rings. The van der Waals surface area contributed by atoms with Crippen LogP contribution in [-0.2, 0) is 49.7 Å². The third-order valence-corrected chi connectivity index (χ3v) is 28.3. The van der Waals surface area contributed by atoms with Gasteiger partial charge in [0.05, 0.1) is 41.4 Å². The van der Waals surface area contributed by atoms with Gasteiger partial charge in [0.1, 0.15) is 0 Å². The number of piperidine rings is 1. The van der Waals surface area contributed by atoms with Gasteiger partial charge in [0.15, 0.2) is 0 Å². The zero-order chi connectivity index (χ0) is 74.8. The number of rotatable bonds is 16. The van der Waals surface area contributed by atoms with Crippen molar-refractivity contribution in [2.75, 3.05) is 0 Å². The Bertz CT molecular complexity index is 4100. The van der Waals surface area contributed by atoms with Crippen LogP contribution >= 0.6 is 31.7 Å². The Balaban J connectivity index is 0.000000138. The predicted octanol–water partition coefficient (Wildman–Crippen LogP) is 19.6. The minimum atomic E-state index is -4.91. The SMILES string of the molecule is N#CC1CC2(c3ccccc3)NC1CCC2OCc1cc(C(F)(F)F)cc(C(F)(F)F)c1.[Pd].c1ccc(P(c2ccccc2)c2ccccc2)cc1.c1ccc(P(c2ccccc2)c2ccccc2)cc1.c1ccc(P(c2ccccc2)c2ccccc2)cc1.c1ccc(P(c2ccccc2)c2ccccc2)cc1. The Kier molecular flexibility index (Phi) is 29.7. The second-order valence-corrected chi connectivity index (χ2v) is 34.6. The molecule has 2 fully saturated rings. The summed E-state index contributed by atoms with van der Waals surface area (Å²) in [6.07, 6.45) is -8.70. The summed E-state index contributed by atoms with van der Waals surface area (Å²) in [5.74, 6) is -0.255. The molecule has 0 aromatic heterocycles.